The number of carbonyl (C=O) groups is 1. The van der Waals surface area contributed by atoms with Crippen molar-refractivity contribution >= 4 is 13.7 Å². The zero-order chi connectivity index (χ0) is 43.6. The molecule has 3 atom stereocenters. The predicted molar refractivity (Wildman–Crippen MR) is 254 cm³/mol. The van der Waals surface area contributed by atoms with Gasteiger partial charge in [0.25, 0.3) is 0 Å². The van der Waals surface area contributed by atoms with E-state index in [4.69, 9.17) is 9.05 Å². The lowest BCUT2D eigenvalue weighted by Gasteiger charge is -2.25. The largest absolute Gasteiger partial charge is 0.472 e. The van der Waals surface area contributed by atoms with E-state index in [-0.39, 0.29) is 19.1 Å². The monoisotopic (exact) mass is 854 g/mol. The van der Waals surface area contributed by atoms with E-state index in [2.05, 4.69) is 36.5 Å². The molecule has 0 aliphatic carbocycles. The molecule has 0 aromatic heterocycles. The molecule has 0 heterocycles. The van der Waals surface area contributed by atoms with Gasteiger partial charge in [-0.2, -0.15) is 0 Å². The average Bonchev–Trinajstić information content (AvgIpc) is 3.19. The van der Waals surface area contributed by atoms with Crippen molar-refractivity contribution in [1.82, 2.24) is 5.32 Å². The smallest absolute Gasteiger partial charge is 0.387 e. The number of nitrogens with zero attached hydrogens (tertiary/aromatic N) is 1. The molecule has 0 radical (unpaired) electrons. The lowest BCUT2D eigenvalue weighted by molar-refractivity contribution is -0.870. The van der Waals surface area contributed by atoms with Crippen molar-refractivity contribution in [1.29, 1.82) is 0 Å². The number of unbranched alkanes of at least 4 members (excludes halogenated alkanes) is 29. The van der Waals surface area contributed by atoms with Crippen molar-refractivity contribution in [3.05, 3.63) is 36.5 Å². The third kappa shape index (κ3) is 44.6. The molecule has 348 valence electrons. The molecule has 0 spiro atoms. The van der Waals surface area contributed by atoms with Crippen molar-refractivity contribution < 1.29 is 32.9 Å². The fourth-order valence-electron chi connectivity index (χ4n) is 7.26. The van der Waals surface area contributed by atoms with Crippen LogP contribution in [0.5, 0.6) is 0 Å². The van der Waals surface area contributed by atoms with Crippen molar-refractivity contribution in [2.75, 3.05) is 40.9 Å². The summed E-state index contributed by atoms with van der Waals surface area (Å²) < 4.78 is 23.5. The molecule has 0 aromatic rings. The number of likely N-dealkylation sites (N-methyl/N-ethyl adjacent to an activating group) is 1. The Balaban J connectivity index is 4.02. The van der Waals surface area contributed by atoms with Gasteiger partial charge in [0.15, 0.2) is 0 Å². The Morgan fingerprint density at radius 1 is 0.593 bits per heavy atom. The van der Waals surface area contributed by atoms with Crippen LogP contribution in [0.2, 0.25) is 0 Å². The van der Waals surface area contributed by atoms with Crippen LogP contribution in [0.15, 0.2) is 36.5 Å². The van der Waals surface area contributed by atoms with E-state index < -0.39 is 20.0 Å². The van der Waals surface area contributed by atoms with E-state index >= 15 is 0 Å². The molecule has 0 aliphatic rings. The normalized spacial score (nSPS) is 14.5. The number of hydrogen-bond donors (Lipinski definition) is 3. The van der Waals surface area contributed by atoms with Crippen molar-refractivity contribution in [2.45, 2.75) is 238 Å². The molecule has 3 N–H and O–H groups in total. The van der Waals surface area contributed by atoms with Gasteiger partial charge in [0.2, 0.25) is 5.91 Å². The van der Waals surface area contributed by atoms with Gasteiger partial charge in [0.1, 0.15) is 13.2 Å². The number of phosphoric acid groups is 1. The van der Waals surface area contributed by atoms with Crippen LogP contribution in [-0.4, -0.2) is 73.4 Å². The Hall–Kier alpha value is -1.28. The second-order valence-corrected chi connectivity index (χ2v) is 19.6. The molecule has 0 rings (SSSR count). The van der Waals surface area contributed by atoms with Gasteiger partial charge in [-0.15, -0.1) is 0 Å². The summed E-state index contributed by atoms with van der Waals surface area (Å²) in [6, 6.07) is -0.864. The number of phosphoric ester groups is 1. The minimum absolute atomic E-state index is 0.0542. The van der Waals surface area contributed by atoms with Gasteiger partial charge >= 0.3 is 7.82 Å². The maximum Gasteiger partial charge on any atom is 0.472 e. The summed E-state index contributed by atoms with van der Waals surface area (Å²) in [4.78, 5) is 23.1. The van der Waals surface area contributed by atoms with Gasteiger partial charge < -0.3 is 19.8 Å². The number of amides is 1. The van der Waals surface area contributed by atoms with Crippen LogP contribution in [0, 0.1) is 0 Å². The Bertz CT molecular complexity index is 1060. The molecule has 1 amide bonds. The number of aliphatic hydroxyl groups is 1. The van der Waals surface area contributed by atoms with Crippen LogP contribution < -0.4 is 5.32 Å². The fourth-order valence-corrected chi connectivity index (χ4v) is 7.99. The number of quaternary nitrogens is 1. The van der Waals surface area contributed by atoms with Gasteiger partial charge in [-0.3, -0.25) is 13.8 Å². The molecule has 0 bridgehead atoms. The van der Waals surface area contributed by atoms with Crippen molar-refractivity contribution in [2.24, 2.45) is 0 Å². The van der Waals surface area contributed by atoms with Crippen LogP contribution in [-0.2, 0) is 18.4 Å². The van der Waals surface area contributed by atoms with Gasteiger partial charge in [0.05, 0.1) is 39.9 Å². The highest BCUT2D eigenvalue weighted by molar-refractivity contribution is 7.47. The second-order valence-electron chi connectivity index (χ2n) is 18.2. The molecule has 0 saturated carbocycles. The molecule has 0 aromatic carbocycles. The molecule has 59 heavy (non-hydrogen) atoms. The highest BCUT2D eigenvalue weighted by atomic mass is 31.2. The molecule has 0 saturated heterocycles. The minimum Gasteiger partial charge on any atom is -0.387 e. The molecule has 0 fully saturated rings. The zero-order valence-electron chi connectivity index (χ0n) is 39.5. The summed E-state index contributed by atoms with van der Waals surface area (Å²) in [5, 5.41) is 13.7. The predicted octanol–water partition coefficient (Wildman–Crippen LogP) is 14.3. The molecule has 8 nitrogen and oxygen atoms in total. The molecule has 0 aliphatic heterocycles. The van der Waals surface area contributed by atoms with Gasteiger partial charge in [-0.05, 0) is 39.0 Å². The van der Waals surface area contributed by atoms with E-state index in [1.807, 2.05) is 34.1 Å². The molecule has 9 heteroatoms. The Kier molecular flexibility index (Phi) is 41.1. The van der Waals surface area contributed by atoms with Crippen molar-refractivity contribution in [3.63, 3.8) is 0 Å². The second kappa shape index (κ2) is 42.0. The van der Waals surface area contributed by atoms with Gasteiger partial charge in [-0.25, -0.2) is 4.57 Å². The number of carbonyl (C=O) groups excluding carboxylic acids is 1. The van der Waals surface area contributed by atoms with Crippen LogP contribution in [0.3, 0.4) is 0 Å². The van der Waals surface area contributed by atoms with E-state index in [0.717, 1.165) is 44.9 Å². The van der Waals surface area contributed by atoms with Crippen LogP contribution in [0.25, 0.3) is 0 Å². The van der Waals surface area contributed by atoms with Crippen LogP contribution >= 0.6 is 7.82 Å². The third-order valence-corrected chi connectivity index (χ3v) is 12.2. The maximum absolute atomic E-state index is 12.9. The van der Waals surface area contributed by atoms with Crippen molar-refractivity contribution in [3.8, 4) is 0 Å². The SMILES string of the molecule is C/C=C/CC/C=C/CC/C=C/C(O)C(COP(=O)(O)OCC[N+](C)(C)C)NC(=O)CCCCCCCCCCCCCCCCCCCCCCCCCCCCCC. The Labute approximate surface area is 366 Å². The number of aliphatic hydroxyl groups excluding tert-OH is 1. The summed E-state index contributed by atoms with van der Waals surface area (Å²) in [5.41, 5.74) is 0. The lowest BCUT2D eigenvalue weighted by Crippen LogP contribution is -2.45. The maximum atomic E-state index is 12.9. The Morgan fingerprint density at radius 3 is 1.36 bits per heavy atom. The highest BCUT2D eigenvalue weighted by Gasteiger charge is 2.27. The summed E-state index contributed by atoms with van der Waals surface area (Å²) in [6.07, 6.45) is 52.8. The number of nitrogens with one attached hydrogen (secondary N) is 1. The first kappa shape index (κ1) is 57.7. The average molecular weight is 854 g/mol. The van der Waals surface area contributed by atoms with Crippen LogP contribution in [0.1, 0.15) is 226 Å². The topological polar surface area (TPSA) is 105 Å². The third-order valence-electron chi connectivity index (χ3n) is 11.2. The lowest BCUT2D eigenvalue weighted by atomic mass is 10.0. The Morgan fingerprint density at radius 2 is 0.966 bits per heavy atom. The number of hydrogen-bond acceptors (Lipinski definition) is 5. The summed E-state index contributed by atoms with van der Waals surface area (Å²) in [6.45, 7) is 4.56. The van der Waals surface area contributed by atoms with Crippen LogP contribution in [0.4, 0.5) is 0 Å². The first-order chi connectivity index (χ1) is 28.5. The first-order valence-corrected chi connectivity index (χ1v) is 26.3. The molecule has 3 unspecified atom stereocenters. The summed E-state index contributed by atoms with van der Waals surface area (Å²) >= 11 is 0. The molecular weight excluding hydrogens is 756 g/mol. The van der Waals surface area contributed by atoms with Gasteiger partial charge in [0, 0.05) is 6.42 Å². The standard InChI is InChI=1S/C50H97N2O6P/c1-6-8-10-12-14-16-17-18-19-20-21-22-23-24-25-26-27-28-29-30-31-32-33-34-36-38-40-42-44-50(54)51-48(47-58-59(55,56)57-46-45-52(3,4)5)49(53)43-41-39-37-35-15-13-11-9-7-2/h7,9,15,35,41,43,48-49,53H,6,8,10-14,16-34,36-40,42,44-47H2,1-5H3,(H-,51,54,55,56)/p+1/b9-7+,35-15+,43-41+. The van der Waals surface area contributed by atoms with Gasteiger partial charge in [-0.1, -0.05) is 217 Å². The summed E-state index contributed by atoms with van der Waals surface area (Å²) in [5.74, 6) is -0.191. The quantitative estimate of drug-likeness (QED) is 0.0244. The van der Waals surface area contributed by atoms with E-state index in [0.29, 0.717) is 17.4 Å². The minimum atomic E-state index is -4.34. The number of rotatable bonds is 45. The zero-order valence-corrected chi connectivity index (χ0v) is 40.4. The summed E-state index contributed by atoms with van der Waals surface area (Å²) in [7, 11) is 1.55. The number of allylic oxidation sites excluding steroid dienone is 5. The van der Waals surface area contributed by atoms with E-state index in [1.165, 1.54) is 161 Å². The fraction of sp³-hybridized carbons (Fsp3) is 0.860. The molecular formula is C50H98N2O6P+. The van der Waals surface area contributed by atoms with E-state index in [1.54, 1.807) is 6.08 Å². The van der Waals surface area contributed by atoms with E-state index in [9.17, 15) is 19.4 Å². The highest BCUT2D eigenvalue weighted by Crippen LogP contribution is 2.43. The first-order valence-electron chi connectivity index (χ1n) is 24.8.